The van der Waals surface area contributed by atoms with Crippen molar-refractivity contribution < 1.29 is 14.0 Å². The Hall–Kier alpha value is -2.63. The van der Waals surface area contributed by atoms with Gasteiger partial charge < -0.3 is 9.32 Å². The van der Waals surface area contributed by atoms with Crippen molar-refractivity contribution in [2.45, 2.75) is 26.7 Å². The maximum Gasteiger partial charge on any atom is 0.302 e. The first-order valence-electron chi connectivity index (χ1n) is 7.76. The van der Waals surface area contributed by atoms with E-state index in [2.05, 4.69) is 10.3 Å². The lowest BCUT2D eigenvalue weighted by molar-refractivity contribution is 0.0749. The number of benzene rings is 1. The normalized spacial score (nSPS) is 10.3. The molecule has 0 bridgehead atoms. The predicted octanol–water partition coefficient (Wildman–Crippen LogP) is 3.19. The first-order chi connectivity index (χ1) is 11.2. The van der Waals surface area contributed by atoms with E-state index in [1.165, 1.54) is 6.26 Å². The van der Waals surface area contributed by atoms with Gasteiger partial charge in [-0.3, -0.25) is 14.9 Å². The van der Waals surface area contributed by atoms with Crippen LogP contribution in [0.15, 0.2) is 41.0 Å². The van der Waals surface area contributed by atoms with Crippen LogP contribution in [0.3, 0.4) is 0 Å². The van der Waals surface area contributed by atoms with Crippen LogP contribution >= 0.6 is 0 Å². The second-order valence-corrected chi connectivity index (χ2v) is 5.15. The zero-order chi connectivity index (χ0) is 16.7. The summed E-state index contributed by atoms with van der Waals surface area (Å²) in [5.74, 6) is -0.511. The summed E-state index contributed by atoms with van der Waals surface area (Å²) in [7, 11) is 0. The largest absolute Gasteiger partial charge is 0.431 e. The van der Waals surface area contributed by atoms with E-state index in [1.54, 1.807) is 29.2 Å². The molecule has 0 aliphatic rings. The van der Waals surface area contributed by atoms with Crippen LogP contribution in [0.2, 0.25) is 0 Å². The Morgan fingerprint density at radius 2 is 1.78 bits per heavy atom. The first-order valence-corrected chi connectivity index (χ1v) is 7.76. The highest BCUT2D eigenvalue weighted by atomic mass is 16.4. The third-order valence-electron chi connectivity index (χ3n) is 3.25. The Kier molecular flexibility index (Phi) is 5.91. The van der Waals surface area contributed by atoms with Crippen LogP contribution in [0, 0.1) is 0 Å². The molecule has 0 spiro atoms. The highest BCUT2D eigenvalue weighted by molar-refractivity contribution is 6.03. The van der Waals surface area contributed by atoms with Gasteiger partial charge in [0, 0.05) is 18.7 Å². The number of rotatable bonds is 7. The Bertz CT molecular complexity index is 646. The van der Waals surface area contributed by atoms with Gasteiger partial charge >= 0.3 is 6.01 Å². The molecule has 0 saturated carbocycles. The Labute approximate surface area is 135 Å². The fourth-order valence-corrected chi connectivity index (χ4v) is 2.20. The zero-order valence-corrected chi connectivity index (χ0v) is 13.4. The van der Waals surface area contributed by atoms with Crippen molar-refractivity contribution in [2.75, 3.05) is 18.4 Å². The average Bonchev–Trinajstić information content (AvgIpc) is 3.03. The number of carbonyl (C=O) groups is 2. The SMILES string of the molecule is CCCN(CCC)C(=O)c1coc(NC(=O)c2ccccc2)n1. The minimum atomic E-state index is -0.328. The molecule has 0 radical (unpaired) electrons. The molecule has 1 N–H and O–H groups in total. The molecule has 2 aromatic rings. The van der Waals surface area contributed by atoms with Crippen LogP contribution in [0.1, 0.15) is 47.5 Å². The van der Waals surface area contributed by atoms with Gasteiger partial charge in [-0.2, -0.15) is 4.98 Å². The highest BCUT2D eigenvalue weighted by Gasteiger charge is 2.19. The maximum absolute atomic E-state index is 12.4. The van der Waals surface area contributed by atoms with E-state index in [-0.39, 0.29) is 23.5 Å². The van der Waals surface area contributed by atoms with E-state index in [0.717, 1.165) is 12.8 Å². The lowest BCUT2D eigenvalue weighted by Crippen LogP contribution is -2.32. The van der Waals surface area contributed by atoms with Crippen molar-refractivity contribution in [3.05, 3.63) is 47.9 Å². The van der Waals surface area contributed by atoms with Crippen molar-refractivity contribution in [3.63, 3.8) is 0 Å². The Morgan fingerprint density at radius 1 is 1.13 bits per heavy atom. The predicted molar refractivity (Wildman–Crippen MR) is 87.4 cm³/mol. The van der Waals surface area contributed by atoms with Crippen LogP contribution in [0.25, 0.3) is 0 Å². The average molecular weight is 315 g/mol. The molecule has 6 nitrogen and oxygen atoms in total. The molecular formula is C17H21N3O3. The molecule has 1 aromatic carbocycles. The topological polar surface area (TPSA) is 75.4 Å². The molecule has 1 aromatic heterocycles. The lowest BCUT2D eigenvalue weighted by Gasteiger charge is -2.19. The number of amides is 2. The summed E-state index contributed by atoms with van der Waals surface area (Å²) in [5, 5.41) is 2.55. The number of anilines is 1. The van der Waals surface area contributed by atoms with Gasteiger partial charge in [-0.05, 0) is 25.0 Å². The van der Waals surface area contributed by atoms with E-state index in [9.17, 15) is 9.59 Å². The fraction of sp³-hybridized carbons (Fsp3) is 0.353. The van der Waals surface area contributed by atoms with Gasteiger partial charge in [0.1, 0.15) is 6.26 Å². The molecule has 2 amide bonds. The molecule has 0 aliphatic carbocycles. The fourth-order valence-electron chi connectivity index (χ4n) is 2.20. The number of hydrogen-bond donors (Lipinski definition) is 1. The lowest BCUT2D eigenvalue weighted by atomic mass is 10.2. The summed E-state index contributed by atoms with van der Waals surface area (Å²) in [6, 6.07) is 8.77. The van der Waals surface area contributed by atoms with Gasteiger partial charge in [0.25, 0.3) is 11.8 Å². The first kappa shape index (κ1) is 16.7. The monoisotopic (exact) mass is 315 g/mol. The summed E-state index contributed by atoms with van der Waals surface area (Å²) < 4.78 is 5.19. The number of carbonyl (C=O) groups excluding carboxylic acids is 2. The summed E-state index contributed by atoms with van der Waals surface area (Å²) >= 11 is 0. The van der Waals surface area contributed by atoms with Crippen molar-refractivity contribution in [1.29, 1.82) is 0 Å². The molecule has 2 rings (SSSR count). The number of aromatic nitrogens is 1. The minimum Gasteiger partial charge on any atom is -0.431 e. The molecule has 6 heteroatoms. The van der Waals surface area contributed by atoms with Crippen LogP contribution < -0.4 is 5.32 Å². The maximum atomic E-state index is 12.4. The standard InChI is InChI=1S/C17H21N3O3/c1-3-10-20(11-4-2)16(22)14-12-23-17(18-14)19-15(21)13-8-6-5-7-9-13/h5-9,12H,3-4,10-11H2,1-2H3,(H,18,19,21). The van der Waals surface area contributed by atoms with Gasteiger partial charge in [-0.15, -0.1) is 0 Å². The molecule has 0 aliphatic heterocycles. The highest BCUT2D eigenvalue weighted by Crippen LogP contribution is 2.12. The Balaban J connectivity index is 2.05. The summed E-state index contributed by atoms with van der Waals surface area (Å²) in [4.78, 5) is 30.2. The minimum absolute atomic E-state index is 0.0233. The second kappa shape index (κ2) is 8.12. The van der Waals surface area contributed by atoms with Gasteiger partial charge in [0.05, 0.1) is 0 Å². The zero-order valence-electron chi connectivity index (χ0n) is 13.4. The van der Waals surface area contributed by atoms with Crippen molar-refractivity contribution in [1.82, 2.24) is 9.88 Å². The number of oxazole rings is 1. The molecule has 0 fully saturated rings. The van der Waals surface area contributed by atoms with Crippen molar-refractivity contribution in [2.24, 2.45) is 0 Å². The molecule has 23 heavy (non-hydrogen) atoms. The van der Waals surface area contributed by atoms with E-state index in [1.807, 2.05) is 19.9 Å². The smallest absolute Gasteiger partial charge is 0.302 e. The molecule has 1 heterocycles. The Morgan fingerprint density at radius 3 is 2.39 bits per heavy atom. The molecular weight excluding hydrogens is 294 g/mol. The second-order valence-electron chi connectivity index (χ2n) is 5.15. The van der Waals surface area contributed by atoms with Crippen LogP contribution in [-0.4, -0.2) is 34.8 Å². The third kappa shape index (κ3) is 4.42. The van der Waals surface area contributed by atoms with E-state index in [4.69, 9.17) is 4.42 Å². The van der Waals surface area contributed by atoms with E-state index < -0.39 is 0 Å². The van der Waals surface area contributed by atoms with Crippen molar-refractivity contribution >= 4 is 17.8 Å². The summed E-state index contributed by atoms with van der Waals surface area (Å²) in [5.41, 5.74) is 0.701. The molecule has 0 saturated heterocycles. The number of nitrogens with one attached hydrogen (secondary N) is 1. The van der Waals surface area contributed by atoms with Gasteiger partial charge in [-0.1, -0.05) is 32.0 Å². The number of nitrogens with zero attached hydrogens (tertiary/aromatic N) is 2. The quantitative estimate of drug-likeness (QED) is 0.851. The van der Waals surface area contributed by atoms with Crippen molar-refractivity contribution in [3.8, 4) is 0 Å². The van der Waals surface area contributed by atoms with Gasteiger partial charge in [0.15, 0.2) is 5.69 Å². The van der Waals surface area contributed by atoms with E-state index >= 15 is 0 Å². The third-order valence-corrected chi connectivity index (χ3v) is 3.25. The molecule has 0 atom stereocenters. The summed E-state index contributed by atoms with van der Waals surface area (Å²) in [6.45, 7) is 5.38. The van der Waals surface area contributed by atoms with Gasteiger partial charge in [-0.25, -0.2) is 0 Å². The number of hydrogen-bond acceptors (Lipinski definition) is 4. The summed E-state index contributed by atoms with van der Waals surface area (Å²) in [6.07, 6.45) is 3.03. The van der Waals surface area contributed by atoms with Crippen LogP contribution in [0.5, 0.6) is 0 Å². The van der Waals surface area contributed by atoms with Crippen LogP contribution in [-0.2, 0) is 0 Å². The van der Waals surface area contributed by atoms with Gasteiger partial charge in [0.2, 0.25) is 0 Å². The molecule has 0 unspecified atom stereocenters. The molecule has 122 valence electrons. The van der Waals surface area contributed by atoms with Crippen LogP contribution in [0.4, 0.5) is 6.01 Å². The van der Waals surface area contributed by atoms with E-state index in [0.29, 0.717) is 18.7 Å².